The fourth-order valence-electron chi connectivity index (χ4n) is 0.976. The minimum absolute atomic E-state index is 0.0762. The molecule has 0 aromatic heterocycles. The Morgan fingerprint density at radius 2 is 2.29 bits per heavy atom. The molecule has 0 fully saturated rings. The monoisotopic (exact) mass is 257 g/mol. The number of rotatable bonds is 3. The molecule has 1 aromatic rings. The van der Waals surface area contributed by atoms with Crippen molar-refractivity contribution in [2.75, 3.05) is 6.61 Å². The Bertz CT molecular complexity index is 522. The average molecular weight is 257 g/mol. The molecule has 0 N–H and O–H groups in total. The third-order valence-electron chi connectivity index (χ3n) is 1.66. The molecule has 8 heteroatoms. The van der Waals surface area contributed by atoms with Gasteiger partial charge in [0, 0.05) is 12.1 Å². The maximum absolute atomic E-state index is 11.5. The highest BCUT2D eigenvalue weighted by Gasteiger charge is 2.02. The Labute approximate surface area is 98.8 Å². The molecule has 0 unspecified atom stereocenters. The average Bonchev–Trinajstić information content (AvgIpc) is 2.29. The number of carbonyl (C=O) groups is 1. The van der Waals surface area contributed by atoms with Crippen LogP contribution in [0.5, 0.6) is 0 Å². The Kier molecular flexibility index (Phi) is 4.58. The van der Waals surface area contributed by atoms with E-state index < -0.39 is 21.6 Å². The molecule has 0 atom stereocenters. The van der Waals surface area contributed by atoms with E-state index in [0.29, 0.717) is 0 Å². The summed E-state index contributed by atoms with van der Waals surface area (Å²) in [6.45, 7) is 1.71. The van der Waals surface area contributed by atoms with E-state index in [1.807, 2.05) is 0 Å². The fourth-order valence-corrected chi connectivity index (χ4v) is 1.69. The topological polar surface area (TPSA) is 98.9 Å². The van der Waals surface area contributed by atoms with Gasteiger partial charge in [-0.05, 0) is 6.92 Å². The van der Waals surface area contributed by atoms with Gasteiger partial charge >= 0.3 is 6.09 Å². The van der Waals surface area contributed by atoms with Gasteiger partial charge in [-0.25, -0.2) is 4.79 Å². The van der Waals surface area contributed by atoms with Crippen molar-refractivity contribution < 1.29 is 18.7 Å². The van der Waals surface area contributed by atoms with Gasteiger partial charge < -0.3 is 8.95 Å². The number of nitro benzene ring substituents is 1. The molecule has 0 saturated heterocycles. The van der Waals surface area contributed by atoms with E-state index in [1.165, 1.54) is 18.2 Å². The van der Waals surface area contributed by atoms with Gasteiger partial charge in [-0.15, -0.1) is 10.6 Å². The number of nitrogens with zero attached hydrogens (tertiary/aromatic N) is 2. The first-order valence-electron chi connectivity index (χ1n) is 4.59. The first-order valence-corrected chi connectivity index (χ1v) is 5.70. The van der Waals surface area contributed by atoms with E-state index >= 15 is 0 Å². The van der Waals surface area contributed by atoms with E-state index in [2.05, 4.69) is 9.10 Å². The van der Waals surface area contributed by atoms with Crippen LogP contribution in [0, 0.1) is 10.1 Å². The normalized spacial score (nSPS) is 12.1. The molecule has 1 rings (SSSR count). The van der Waals surface area contributed by atoms with Crippen LogP contribution in [0.25, 0.3) is 0 Å². The van der Waals surface area contributed by atoms with Gasteiger partial charge in [0.2, 0.25) is 0 Å². The SMILES string of the molecule is CCOC(=O)N=[S-](=O)c1cccc([N+](=O)[O-])c1. The number of amides is 1. The number of hydrogen-bond donors (Lipinski definition) is 0. The Balaban J connectivity index is 3.00. The molecule has 0 aliphatic rings. The summed E-state index contributed by atoms with van der Waals surface area (Å²) in [5, 5.41) is 10.5. The molecular formula is C9H9N2O5S-. The maximum atomic E-state index is 11.5. The van der Waals surface area contributed by atoms with Crippen molar-refractivity contribution in [3.8, 4) is 0 Å². The van der Waals surface area contributed by atoms with Gasteiger partial charge in [0.1, 0.15) is 0 Å². The first kappa shape index (κ1) is 13.1. The van der Waals surface area contributed by atoms with Crippen LogP contribution < -0.4 is 0 Å². The zero-order valence-electron chi connectivity index (χ0n) is 8.86. The van der Waals surface area contributed by atoms with Crippen LogP contribution in [0.3, 0.4) is 0 Å². The van der Waals surface area contributed by atoms with E-state index in [9.17, 15) is 19.1 Å². The summed E-state index contributed by atoms with van der Waals surface area (Å²) in [5.74, 6) is 0. The van der Waals surface area contributed by atoms with E-state index in [4.69, 9.17) is 0 Å². The quantitative estimate of drug-likeness (QED) is 0.469. The van der Waals surface area contributed by atoms with Crippen LogP contribution in [-0.4, -0.2) is 17.6 Å². The molecule has 0 aliphatic heterocycles. The smallest absolute Gasteiger partial charge is 0.410 e. The molecule has 0 saturated carbocycles. The molecular weight excluding hydrogens is 248 g/mol. The summed E-state index contributed by atoms with van der Waals surface area (Å²) in [6, 6.07) is 5.10. The summed E-state index contributed by atoms with van der Waals surface area (Å²) in [4.78, 5) is 20.9. The van der Waals surface area contributed by atoms with E-state index in [0.717, 1.165) is 6.07 Å². The standard InChI is InChI=1S/C9H9N2O5S/c1-2-16-9(12)10-17(15)8-5-3-4-7(6-8)11(13)14/h3-6H,2H2,1H3/q-1. The van der Waals surface area contributed by atoms with Crippen LogP contribution in [0.4, 0.5) is 10.5 Å². The second-order valence-corrected chi connectivity index (χ2v) is 3.95. The number of benzene rings is 1. The number of non-ortho nitro benzene ring substituents is 1. The van der Waals surface area contributed by atoms with Crippen molar-refractivity contribution in [2.24, 2.45) is 4.36 Å². The van der Waals surface area contributed by atoms with Crippen LogP contribution in [-0.2, 0) is 19.5 Å². The predicted molar refractivity (Wildman–Crippen MR) is 58.9 cm³/mol. The lowest BCUT2D eigenvalue weighted by atomic mass is 10.3. The predicted octanol–water partition coefficient (Wildman–Crippen LogP) is 2.26. The summed E-state index contributed by atoms with van der Waals surface area (Å²) in [5.41, 5.74) is -0.213. The zero-order valence-corrected chi connectivity index (χ0v) is 9.68. The van der Waals surface area contributed by atoms with E-state index in [-0.39, 0.29) is 17.2 Å². The largest absolute Gasteiger partial charge is 0.450 e. The lowest BCUT2D eigenvalue weighted by Gasteiger charge is -2.04. The lowest BCUT2D eigenvalue weighted by molar-refractivity contribution is -0.385. The van der Waals surface area contributed by atoms with Gasteiger partial charge in [0.25, 0.3) is 5.69 Å². The van der Waals surface area contributed by atoms with Gasteiger partial charge in [-0.2, -0.15) is 0 Å². The highest BCUT2D eigenvalue weighted by molar-refractivity contribution is 7.75. The highest BCUT2D eigenvalue weighted by atomic mass is 32.2. The molecule has 0 spiro atoms. The van der Waals surface area contributed by atoms with Crippen molar-refractivity contribution >= 4 is 22.4 Å². The maximum Gasteiger partial charge on any atom is 0.410 e. The van der Waals surface area contributed by atoms with Crippen LogP contribution in [0.2, 0.25) is 0 Å². The number of nitro groups is 1. The van der Waals surface area contributed by atoms with Crippen molar-refractivity contribution in [1.82, 2.24) is 0 Å². The molecule has 0 heterocycles. The van der Waals surface area contributed by atoms with Crippen molar-refractivity contribution in [3.05, 3.63) is 34.4 Å². The highest BCUT2D eigenvalue weighted by Crippen LogP contribution is 2.14. The minimum Gasteiger partial charge on any atom is -0.450 e. The van der Waals surface area contributed by atoms with Gasteiger partial charge in [-0.1, -0.05) is 17.0 Å². The number of ether oxygens (including phenoxy) is 1. The summed E-state index contributed by atoms with van der Waals surface area (Å²) >= 11 is 0. The Morgan fingerprint density at radius 1 is 1.59 bits per heavy atom. The number of carbonyl (C=O) groups excluding carboxylic acids is 1. The second-order valence-electron chi connectivity index (χ2n) is 2.79. The van der Waals surface area contributed by atoms with Crippen molar-refractivity contribution in [1.29, 1.82) is 0 Å². The molecule has 1 aromatic carbocycles. The minimum atomic E-state index is -2.00. The molecule has 0 bridgehead atoms. The zero-order chi connectivity index (χ0) is 12.8. The van der Waals surface area contributed by atoms with Crippen LogP contribution in [0.15, 0.2) is 33.5 Å². The molecule has 17 heavy (non-hydrogen) atoms. The van der Waals surface area contributed by atoms with Crippen molar-refractivity contribution in [3.63, 3.8) is 0 Å². The van der Waals surface area contributed by atoms with E-state index in [1.54, 1.807) is 6.92 Å². The lowest BCUT2D eigenvalue weighted by Crippen LogP contribution is -1.98. The summed E-state index contributed by atoms with van der Waals surface area (Å²) < 4.78 is 19.2. The van der Waals surface area contributed by atoms with Gasteiger partial charge in [0.15, 0.2) is 0 Å². The summed E-state index contributed by atoms with van der Waals surface area (Å²) in [7, 11) is -2.00. The third kappa shape index (κ3) is 3.83. The first-order chi connectivity index (χ1) is 8.04. The molecule has 7 nitrogen and oxygen atoms in total. The van der Waals surface area contributed by atoms with Crippen LogP contribution in [0.1, 0.15) is 6.92 Å². The molecule has 0 radical (unpaired) electrons. The fraction of sp³-hybridized carbons (Fsp3) is 0.222. The van der Waals surface area contributed by atoms with Gasteiger partial charge in [0.05, 0.1) is 11.5 Å². The second kappa shape index (κ2) is 5.94. The molecule has 1 amide bonds. The Hall–Kier alpha value is -1.96. The molecule has 0 aliphatic carbocycles. The van der Waals surface area contributed by atoms with Gasteiger partial charge in [-0.3, -0.25) is 14.5 Å². The van der Waals surface area contributed by atoms with Crippen LogP contribution >= 0.6 is 0 Å². The number of hydrogen-bond acceptors (Lipinski definition) is 6. The summed E-state index contributed by atoms with van der Waals surface area (Å²) in [6.07, 6.45) is -0.961. The van der Waals surface area contributed by atoms with Crippen molar-refractivity contribution in [2.45, 2.75) is 11.8 Å². The third-order valence-corrected chi connectivity index (χ3v) is 2.63. The molecule has 92 valence electrons. The Morgan fingerprint density at radius 3 is 2.88 bits per heavy atom.